The number of carbonyl (C=O) groups excluding carboxylic acids is 1. The summed E-state index contributed by atoms with van der Waals surface area (Å²) in [7, 11) is 0. The molecule has 3 aromatic rings. The second-order valence-electron chi connectivity index (χ2n) is 6.26. The van der Waals surface area contributed by atoms with E-state index in [0.29, 0.717) is 17.7 Å². The maximum atomic E-state index is 13.2. The van der Waals surface area contributed by atoms with Gasteiger partial charge in [0.1, 0.15) is 11.6 Å². The molecule has 1 unspecified atom stereocenters. The molecule has 1 atom stereocenters. The first kappa shape index (κ1) is 20.2. The molecule has 2 aromatic carbocycles. The van der Waals surface area contributed by atoms with Crippen LogP contribution in [0.3, 0.4) is 0 Å². The molecule has 1 aromatic heterocycles. The maximum absolute atomic E-state index is 13.2. The number of hydrogen-bond donors (Lipinski definition) is 1. The minimum absolute atomic E-state index is 0.0710. The van der Waals surface area contributed by atoms with E-state index in [2.05, 4.69) is 10.4 Å². The second-order valence-corrected chi connectivity index (χ2v) is 6.26. The van der Waals surface area contributed by atoms with E-state index in [9.17, 15) is 18.4 Å². The number of halogens is 2. The summed E-state index contributed by atoms with van der Waals surface area (Å²) in [6.45, 7) is 1.92. The smallest absolute Gasteiger partial charge is 0.271 e. The van der Waals surface area contributed by atoms with Crippen molar-refractivity contribution in [2.45, 2.75) is 26.0 Å². The highest BCUT2D eigenvalue weighted by Crippen LogP contribution is 2.12. The zero-order chi connectivity index (χ0) is 20.8. The summed E-state index contributed by atoms with van der Waals surface area (Å²) >= 11 is 0. The van der Waals surface area contributed by atoms with Crippen molar-refractivity contribution >= 4 is 5.91 Å². The molecule has 3 rings (SSSR count). The summed E-state index contributed by atoms with van der Waals surface area (Å²) < 4.78 is 33.1. The molecule has 8 heteroatoms. The quantitative estimate of drug-likeness (QED) is 0.663. The van der Waals surface area contributed by atoms with Gasteiger partial charge in [-0.05, 0) is 48.4 Å². The molecule has 0 aliphatic carbocycles. The Kier molecular flexibility index (Phi) is 6.33. The van der Waals surface area contributed by atoms with Crippen LogP contribution < -0.4 is 15.6 Å². The average molecular weight is 399 g/mol. The van der Waals surface area contributed by atoms with Gasteiger partial charge in [0.25, 0.3) is 11.5 Å². The molecule has 0 radical (unpaired) electrons. The third kappa shape index (κ3) is 5.25. The van der Waals surface area contributed by atoms with Crippen LogP contribution in [-0.2, 0) is 11.3 Å². The lowest BCUT2D eigenvalue weighted by atomic mass is 10.2. The predicted octanol–water partition coefficient (Wildman–Crippen LogP) is 2.98. The lowest BCUT2D eigenvalue weighted by Gasteiger charge is -2.17. The molecule has 0 saturated heterocycles. The number of amides is 1. The minimum Gasteiger partial charge on any atom is -0.463 e. The SMILES string of the molecule is CCC(Oc1ccc(=O)n(-c2ccc(F)cc2)n1)C(=O)NCc1cccc(F)c1. The van der Waals surface area contributed by atoms with E-state index in [-0.39, 0.29) is 18.2 Å². The molecule has 0 bridgehead atoms. The fourth-order valence-electron chi connectivity index (χ4n) is 2.64. The standard InChI is InChI=1S/C21H19F2N3O3/c1-2-18(21(28)24-13-14-4-3-5-16(23)12-14)29-19-10-11-20(27)26(25-19)17-8-6-15(22)7-9-17/h3-12,18H,2,13H2,1H3,(H,24,28). The number of aromatic nitrogens is 2. The first-order chi connectivity index (χ1) is 14.0. The van der Waals surface area contributed by atoms with Crippen molar-refractivity contribution in [2.75, 3.05) is 0 Å². The highest BCUT2D eigenvalue weighted by Gasteiger charge is 2.19. The van der Waals surface area contributed by atoms with Gasteiger partial charge in [-0.3, -0.25) is 9.59 Å². The number of hydrogen-bond acceptors (Lipinski definition) is 4. The largest absolute Gasteiger partial charge is 0.463 e. The van der Waals surface area contributed by atoms with Crippen molar-refractivity contribution in [3.63, 3.8) is 0 Å². The fraction of sp³-hybridized carbons (Fsp3) is 0.190. The van der Waals surface area contributed by atoms with Crippen LogP contribution in [0.4, 0.5) is 8.78 Å². The molecule has 29 heavy (non-hydrogen) atoms. The Morgan fingerprint density at radius 1 is 1.10 bits per heavy atom. The molecule has 0 saturated carbocycles. The van der Waals surface area contributed by atoms with Gasteiger partial charge < -0.3 is 10.1 Å². The van der Waals surface area contributed by atoms with Gasteiger partial charge in [0.2, 0.25) is 5.88 Å². The van der Waals surface area contributed by atoms with Crippen molar-refractivity contribution < 1.29 is 18.3 Å². The van der Waals surface area contributed by atoms with Gasteiger partial charge in [0.15, 0.2) is 6.10 Å². The van der Waals surface area contributed by atoms with E-state index in [1.54, 1.807) is 19.1 Å². The average Bonchev–Trinajstić information content (AvgIpc) is 2.72. The van der Waals surface area contributed by atoms with Gasteiger partial charge in [-0.1, -0.05) is 19.1 Å². The van der Waals surface area contributed by atoms with Crippen molar-refractivity contribution in [2.24, 2.45) is 0 Å². The number of ether oxygens (including phenoxy) is 1. The summed E-state index contributed by atoms with van der Waals surface area (Å²) in [5.41, 5.74) is 0.564. The van der Waals surface area contributed by atoms with Crippen LogP contribution in [0, 0.1) is 11.6 Å². The molecule has 1 N–H and O–H groups in total. The van der Waals surface area contributed by atoms with E-state index in [1.165, 1.54) is 48.5 Å². The fourth-order valence-corrected chi connectivity index (χ4v) is 2.64. The van der Waals surface area contributed by atoms with Gasteiger partial charge in [-0.2, -0.15) is 4.68 Å². The summed E-state index contributed by atoms with van der Waals surface area (Å²) in [6, 6.07) is 13.8. The van der Waals surface area contributed by atoms with Crippen molar-refractivity contribution in [3.05, 3.63) is 88.2 Å². The first-order valence-corrected chi connectivity index (χ1v) is 9.01. The van der Waals surface area contributed by atoms with E-state index >= 15 is 0 Å². The Labute approximate surface area is 165 Å². The van der Waals surface area contributed by atoms with Gasteiger partial charge in [-0.15, -0.1) is 5.10 Å². The Bertz CT molecular complexity index is 1050. The van der Waals surface area contributed by atoms with Gasteiger partial charge in [-0.25, -0.2) is 8.78 Å². The van der Waals surface area contributed by atoms with E-state index in [4.69, 9.17) is 4.74 Å². The number of carbonyl (C=O) groups is 1. The van der Waals surface area contributed by atoms with Crippen LogP contribution in [0.5, 0.6) is 5.88 Å². The van der Waals surface area contributed by atoms with E-state index in [0.717, 1.165) is 4.68 Å². The van der Waals surface area contributed by atoms with Gasteiger partial charge in [0.05, 0.1) is 5.69 Å². The topological polar surface area (TPSA) is 73.2 Å². The van der Waals surface area contributed by atoms with E-state index < -0.39 is 23.4 Å². The third-order valence-corrected chi connectivity index (χ3v) is 4.13. The van der Waals surface area contributed by atoms with Crippen LogP contribution >= 0.6 is 0 Å². The van der Waals surface area contributed by atoms with Crippen molar-refractivity contribution in [1.29, 1.82) is 0 Å². The number of benzene rings is 2. The first-order valence-electron chi connectivity index (χ1n) is 9.01. The molecule has 1 amide bonds. The molecular weight excluding hydrogens is 380 g/mol. The molecule has 0 aliphatic heterocycles. The Morgan fingerprint density at radius 3 is 2.55 bits per heavy atom. The molecule has 0 aliphatic rings. The van der Waals surface area contributed by atoms with Crippen LogP contribution in [0.2, 0.25) is 0 Å². The van der Waals surface area contributed by atoms with Crippen LogP contribution in [0.25, 0.3) is 5.69 Å². The number of nitrogens with zero attached hydrogens (tertiary/aromatic N) is 2. The second kappa shape index (κ2) is 9.09. The van der Waals surface area contributed by atoms with Gasteiger partial charge in [0, 0.05) is 18.7 Å². The van der Waals surface area contributed by atoms with Crippen molar-refractivity contribution in [3.8, 4) is 11.6 Å². The summed E-state index contributed by atoms with van der Waals surface area (Å²) in [5.74, 6) is -1.14. The Hall–Kier alpha value is -3.55. The number of nitrogens with one attached hydrogen (secondary N) is 1. The monoisotopic (exact) mass is 399 g/mol. The van der Waals surface area contributed by atoms with E-state index in [1.807, 2.05) is 0 Å². The summed E-state index contributed by atoms with van der Waals surface area (Å²) in [4.78, 5) is 24.5. The van der Waals surface area contributed by atoms with Crippen molar-refractivity contribution in [1.82, 2.24) is 15.1 Å². The molecule has 1 heterocycles. The molecule has 0 fully saturated rings. The zero-order valence-electron chi connectivity index (χ0n) is 15.6. The highest BCUT2D eigenvalue weighted by atomic mass is 19.1. The maximum Gasteiger partial charge on any atom is 0.271 e. The normalized spacial score (nSPS) is 11.7. The number of rotatable bonds is 7. The van der Waals surface area contributed by atoms with Crippen LogP contribution in [-0.4, -0.2) is 21.8 Å². The Morgan fingerprint density at radius 2 is 1.86 bits per heavy atom. The lowest BCUT2D eigenvalue weighted by molar-refractivity contribution is -0.128. The Balaban J connectivity index is 1.71. The molecular formula is C21H19F2N3O3. The zero-order valence-corrected chi connectivity index (χ0v) is 15.6. The summed E-state index contributed by atoms with van der Waals surface area (Å²) in [5, 5.41) is 6.79. The summed E-state index contributed by atoms with van der Waals surface area (Å²) in [6.07, 6.45) is -0.498. The van der Waals surface area contributed by atoms with Crippen LogP contribution in [0.1, 0.15) is 18.9 Å². The predicted molar refractivity (Wildman–Crippen MR) is 103 cm³/mol. The van der Waals surface area contributed by atoms with Crippen LogP contribution in [0.15, 0.2) is 65.5 Å². The molecule has 150 valence electrons. The molecule has 6 nitrogen and oxygen atoms in total. The third-order valence-electron chi connectivity index (χ3n) is 4.13. The minimum atomic E-state index is -0.852. The molecule has 0 spiro atoms. The van der Waals surface area contributed by atoms with Gasteiger partial charge >= 0.3 is 0 Å². The lowest BCUT2D eigenvalue weighted by Crippen LogP contribution is -2.38. The highest BCUT2D eigenvalue weighted by molar-refractivity contribution is 5.81.